The number of hydrogen-bond donors (Lipinski definition) is 10. The highest BCUT2D eigenvalue weighted by molar-refractivity contribution is 7.80. The number of carboxylic acids is 2. The van der Waals surface area contributed by atoms with Crippen LogP contribution in [-0.2, 0) is 30.4 Å². The van der Waals surface area contributed by atoms with E-state index in [4.69, 9.17) is 22.3 Å². The van der Waals surface area contributed by atoms with Crippen molar-refractivity contribution in [2.24, 2.45) is 22.2 Å². The van der Waals surface area contributed by atoms with Crippen molar-refractivity contribution in [2.45, 2.75) is 56.3 Å². The zero-order valence-electron chi connectivity index (χ0n) is 22.2. The molecule has 4 atom stereocenters. The number of carbonyl (C=O) groups excluding carboxylic acids is 3. The standard InChI is InChI=1S/C25H36N8O7S/c26-15(7-8-20(34)35)21(36)31-17(6-3-9-29-25(27)28)22(37)33-19(12-41)23(38)32-18(24(39)40)10-13-11-30-16-5-2-1-4-14(13)16/h1-2,4-5,11,15,17-19,30,41H,3,6-10,12,26H2,(H,31,36)(H,32,38)(H,33,37)(H,34,35)(H,39,40)(H4,27,28,29). The van der Waals surface area contributed by atoms with Gasteiger partial charge in [-0.2, -0.15) is 12.6 Å². The van der Waals surface area contributed by atoms with Crippen LogP contribution in [0.5, 0.6) is 0 Å². The van der Waals surface area contributed by atoms with E-state index in [0.29, 0.717) is 5.56 Å². The molecule has 1 aromatic heterocycles. The van der Waals surface area contributed by atoms with E-state index in [1.54, 1.807) is 6.20 Å². The van der Waals surface area contributed by atoms with E-state index in [2.05, 4.69) is 38.6 Å². The summed E-state index contributed by atoms with van der Waals surface area (Å²) in [5, 5.41) is 26.8. The number of nitrogens with one attached hydrogen (secondary N) is 4. The third-order valence-corrected chi connectivity index (χ3v) is 6.48. The Hall–Kier alpha value is -4.31. The van der Waals surface area contributed by atoms with Crippen molar-refractivity contribution in [3.8, 4) is 0 Å². The summed E-state index contributed by atoms with van der Waals surface area (Å²) >= 11 is 4.13. The van der Waals surface area contributed by atoms with E-state index >= 15 is 0 Å². The number of nitrogens with two attached hydrogens (primary N) is 3. The number of H-pyrrole nitrogens is 1. The van der Waals surface area contributed by atoms with E-state index in [1.807, 2.05) is 24.3 Å². The molecule has 2 aromatic rings. The normalized spacial score (nSPS) is 13.8. The Morgan fingerprint density at radius 3 is 2.20 bits per heavy atom. The van der Waals surface area contributed by atoms with Gasteiger partial charge in [0.15, 0.2) is 5.96 Å². The number of carboxylic acid groups (broad SMARTS) is 2. The lowest BCUT2D eigenvalue weighted by Gasteiger charge is -2.24. The molecule has 16 heteroatoms. The molecule has 41 heavy (non-hydrogen) atoms. The molecule has 0 fully saturated rings. The number of rotatable bonds is 17. The van der Waals surface area contributed by atoms with Gasteiger partial charge in [0.25, 0.3) is 0 Å². The fourth-order valence-corrected chi connectivity index (χ4v) is 4.18. The Bertz CT molecular complexity index is 1260. The van der Waals surface area contributed by atoms with Gasteiger partial charge >= 0.3 is 11.9 Å². The van der Waals surface area contributed by atoms with Crippen LogP contribution in [0.3, 0.4) is 0 Å². The fourth-order valence-electron chi connectivity index (χ4n) is 3.92. The molecule has 12 N–H and O–H groups in total. The van der Waals surface area contributed by atoms with Gasteiger partial charge in [-0.25, -0.2) is 4.79 Å². The Labute approximate surface area is 241 Å². The first-order valence-electron chi connectivity index (χ1n) is 12.8. The topological polar surface area (TPSA) is 268 Å². The highest BCUT2D eigenvalue weighted by Gasteiger charge is 2.30. The number of benzene rings is 1. The Kier molecular flexibility index (Phi) is 12.9. The minimum atomic E-state index is -1.30. The van der Waals surface area contributed by atoms with Gasteiger partial charge in [-0.1, -0.05) is 18.2 Å². The number of amides is 3. The van der Waals surface area contributed by atoms with Crippen molar-refractivity contribution in [1.82, 2.24) is 20.9 Å². The van der Waals surface area contributed by atoms with Crippen molar-refractivity contribution < 1.29 is 34.2 Å². The summed E-state index contributed by atoms with van der Waals surface area (Å²) in [5.74, 6) is -5.04. The second kappa shape index (κ2) is 16.1. The molecule has 1 aromatic carbocycles. The predicted octanol–water partition coefficient (Wildman–Crippen LogP) is -1.58. The third kappa shape index (κ3) is 10.6. The number of thiol groups is 1. The second-order valence-corrected chi connectivity index (χ2v) is 9.62. The first-order chi connectivity index (χ1) is 19.4. The molecule has 0 bridgehead atoms. The fraction of sp³-hybridized carbons (Fsp3) is 0.440. The Balaban J connectivity index is 2.10. The van der Waals surface area contributed by atoms with Gasteiger partial charge in [0.2, 0.25) is 17.7 Å². The summed E-state index contributed by atoms with van der Waals surface area (Å²) in [6.07, 6.45) is 1.47. The number of aromatic nitrogens is 1. The summed E-state index contributed by atoms with van der Waals surface area (Å²) in [6.45, 7) is 0.150. The molecule has 0 aliphatic carbocycles. The molecule has 0 spiro atoms. The number of aromatic amines is 1. The number of fused-ring (bicyclic) bond motifs is 1. The first kappa shape index (κ1) is 32.9. The van der Waals surface area contributed by atoms with Crippen LogP contribution >= 0.6 is 12.6 Å². The first-order valence-corrected chi connectivity index (χ1v) is 13.4. The SMILES string of the molecule is NC(N)=NCCCC(NC(=O)C(N)CCC(=O)O)C(=O)NC(CS)C(=O)NC(Cc1c[nH]c2ccccc12)C(=O)O. The maximum absolute atomic E-state index is 13.1. The number of nitrogens with zero attached hydrogens (tertiary/aromatic N) is 1. The third-order valence-electron chi connectivity index (χ3n) is 6.11. The van der Waals surface area contributed by atoms with E-state index in [-0.39, 0.29) is 50.4 Å². The van der Waals surface area contributed by atoms with Crippen LogP contribution in [0, 0.1) is 0 Å². The molecule has 0 radical (unpaired) electrons. The molecule has 0 aliphatic heterocycles. The van der Waals surface area contributed by atoms with Gasteiger partial charge in [-0.05, 0) is 30.9 Å². The number of carbonyl (C=O) groups is 5. The molecule has 0 saturated heterocycles. The maximum atomic E-state index is 13.1. The molecular weight excluding hydrogens is 556 g/mol. The van der Waals surface area contributed by atoms with Crippen molar-refractivity contribution >= 4 is 59.2 Å². The summed E-state index contributed by atoms with van der Waals surface area (Å²) < 4.78 is 0. The van der Waals surface area contributed by atoms with E-state index in [0.717, 1.165) is 10.9 Å². The average molecular weight is 593 g/mol. The number of hydrogen-bond acceptors (Lipinski definition) is 8. The van der Waals surface area contributed by atoms with Crippen LogP contribution in [0.1, 0.15) is 31.2 Å². The lowest BCUT2D eigenvalue weighted by atomic mass is 10.0. The van der Waals surface area contributed by atoms with Crippen molar-refractivity contribution in [3.05, 3.63) is 36.0 Å². The van der Waals surface area contributed by atoms with Gasteiger partial charge in [0.1, 0.15) is 18.1 Å². The maximum Gasteiger partial charge on any atom is 0.326 e. The Morgan fingerprint density at radius 2 is 1.56 bits per heavy atom. The summed E-state index contributed by atoms with van der Waals surface area (Å²) in [6, 6.07) is 2.40. The number of para-hydroxylation sites is 1. The average Bonchev–Trinajstić information content (AvgIpc) is 3.33. The van der Waals surface area contributed by atoms with Crippen LogP contribution in [0.15, 0.2) is 35.5 Å². The smallest absolute Gasteiger partial charge is 0.326 e. The highest BCUT2D eigenvalue weighted by atomic mass is 32.1. The quantitative estimate of drug-likeness (QED) is 0.0436. The van der Waals surface area contributed by atoms with Crippen LogP contribution < -0.4 is 33.2 Å². The minimum Gasteiger partial charge on any atom is -0.481 e. The van der Waals surface area contributed by atoms with Crippen LogP contribution in [0.4, 0.5) is 0 Å². The van der Waals surface area contributed by atoms with Gasteiger partial charge in [-0.3, -0.25) is 24.2 Å². The van der Waals surface area contributed by atoms with Gasteiger partial charge in [-0.15, -0.1) is 0 Å². The molecular formula is C25H36N8O7S. The van der Waals surface area contributed by atoms with Crippen LogP contribution in [-0.4, -0.2) is 87.3 Å². The zero-order valence-corrected chi connectivity index (χ0v) is 23.1. The second-order valence-electron chi connectivity index (χ2n) is 9.26. The molecule has 4 unspecified atom stereocenters. The lowest BCUT2D eigenvalue weighted by Crippen LogP contribution is -2.57. The molecule has 0 saturated carbocycles. The number of aliphatic carboxylic acids is 2. The predicted molar refractivity (Wildman–Crippen MR) is 154 cm³/mol. The molecule has 15 nitrogen and oxygen atoms in total. The van der Waals surface area contributed by atoms with Crippen molar-refractivity contribution in [2.75, 3.05) is 12.3 Å². The van der Waals surface area contributed by atoms with E-state index in [9.17, 15) is 29.1 Å². The minimum absolute atomic E-state index is 0.0178. The summed E-state index contributed by atoms with van der Waals surface area (Å²) in [5.41, 5.74) is 17.9. The lowest BCUT2D eigenvalue weighted by molar-refractivity contribution is -0.142. The number of aliphatic imine (C=N–C) groups is 1. The van der Waals surface area contributed by atoms with Crippen molar-refractivity contribution in [3.63, 3.8) is 0 Å². The molecule has 0 aliphatic rings. The molecule has 1 heterocycles. The van der Waals surface area contributed by atoms with Gasteiger partial charge in [0, 0.05) is 42.2 Å². The summed E-state index contributed by atoms with van der Waals surface area (Å²) in [7, 11) is 0. The molecule has 3 amide bonds. The van der Waals surface area contributed by atoms with Crippen LogP contribution in [0.2, 0.25) is 0 Å². The summed E-state index contributed by atoms with van der Waals surface area (Å²) in [4.78, 5) is 68.3. The van der Waals surface area contributed by atoms with Crippen LogP contribution in [0.25, 0.3) is 10.9 Å². The zero-order chi connectivity index (χ0) is 30.5. The highest BCUT2D eigenvalue weighted by Crippen LogP contribution is 2.19. The monoisotopic (exact) mass is 592 g/mol. The van der Waals surface area contributed by atoms with Gasteiger partial charge < -0.3 is 48.3 Å². The number of guanidine groups is 1. The molecule has 2 rings (SSSR count). The van der Waals surface area contributed by atoms with E-state index < -0.39 is 53.8 Å². The molecule has 224 valence electrons. The van der Waals surface area contributed by atoms with Crippen molar-refractivity contribution in [1.29, 1.82) is 0 Å². The van der Waals surface area contributed by atoms with Gasteiger partial charge in [0.05, 0.1) is 6.04 Å². The largest absolute Gasteiger partial charge is 0.481 e. The van der Waals surface area contributed by atoms with E-state index in [1.165, 1.54) is 0 Å². The Morgan fingerprint density at radius 1 is 0.927 bits per heavy atom.